The highest BCUT2D eigenvalue weighted by Gasteiger charge is 2.60. The van der Waals surface area contributed by atoms with Crippen LogP contribution in [0.5, 0.6) is 0 Å². The van der Waals surface area contributed by atoms with E-state index in [2.05, 4.69) is 10.3 Å². The molecule has 0 saturated carbocycles. The summed E-state index contributed by atoms with van der Waals surface area (Å²) in [5, 5.41) is 2.66. The normalized spacial score (nSPS) is 18.3. The summed E-state index contributed by atoms with van der Waals surface area (Å²) in [5.74, 6) is 0.109. The molecular formula is C23H17F9N4O2S. The molecular weight excluding hydrogens is 567 g/mol. The number of nitrogens with one attached hydrogen (secondary N) is 2. The van der Waals surface area contributed by atoms with E-state index in [4.69, 9.17) is 4.84 Å². The third kappa shape index (κ3) is 5.39. The number of thioether (sulfide) groups is 1. The van der Waals surface area contributed by atoms with Gasteiger partial charge in [-0.25, -0.2) is 4.98 Å². The molecule has 3 aromatic rings. The number of rotatable bonds is 6. The molecule has 4 rings (SSSR count). The van der Waals surface area contributed by atoms with Gasteiger partial charge in [0.05, 0.1) is 28.1 Å². The molecule has 1 aromatic carbocycles. The number of nitrogens with zero attached hydrogens (tertiary/aromatic N) is 2. The maximum Gasteiger partial charge on any atom is 0.428 e. The Hall–Kier alpha value is -3.40. The minimum atomic E-state index is -5.50. The van der Waals surface area contributed by atoms with E-state index in [1.807, 2.05) is 11.7 Å². The second kappa shape index (κ2) is 9.97. The summed E-state index contributed by atoms with van der Waals surface area (Å²) < 4.78 is 125. The fourth-order valence-electron chi connectivity index (χ4n) is 3.91. The van der Waals surface area contributed by atoms with Crippen LogP contribution in [0, 0.1) is 0 Å². The maximum absolute atomic E-state index is 14.4. The second-order valence-electron chi connectivity index (χ2n) is 8.29. The highest BCUT2D eigenvalue weighted by atomic mass is 32.2. The predicted molar refractivity (Wildman–Crippen MR) is 122 cm³/mol. The van der Waals surface area contributed by atoms with Crippen molar-refractivity contribution < 1.29 is 49.1 Å². The van der Waals surface area contributed by atoms with Crippen molar-refractivity contribution in [2.24, 2.45) is 0 Å². The van der Waals surface area contributed by atoms with Gasteiger partial charge in [-0.3, -0.25) is 19.5 Å². The standard InChI is InChI=1S/C23H17F9N4O2S/c1-39-7-5-34-19(37)15-2-3-17(36-6-4-33-18(15)36)16-11-20(38-35-16,23(30,31)32)12-8-13(21(24,25)26)10-14(9-12)22(27,28)29/h2-4,6,8-11,35H,5,7H2,1H3,(H,34,37). The molecule has 0 spiro atoms. The van der Waals surface area contributed by atoms with Gasteiger partial charge in [0.15, 0.2) is 0 Å². The molecule has 1 aliphatic heterocycles. The van der Waals surface area contributed by atoms with Gasteiger partial charge in [0, 0.05) is 30.3 Å². The lowest BCUT2D eigenvalue weighted by molar-refractivity contribution is -0.269. The second-order valence-corrected chi connectivity index (χ2v) is 9.28. The zero-order valence-corrected chi connectivity index (χ0v) is 20.4. The number of hydrogen-bond donors (Lipinski definition) is 2. The number of aromatic nitrogens is 2. The van der Waals surface area contributed by atoms with E-state index in [1.54, 1.807) is 0 Å². The Bertz CT molecular complexity index is 1400. The molecule has 0 bridgehead atoms. The van der Waals surface area contributed by atoms with Crippen molar-refractivity contribution in [3.63, 3.8) is 0 Å². The van der Waals surface area contributed by atoms with E-state index in [1.165, 1.54) is 40.7 Å². The van der Waals surface area contributed by atoms with E-state index in [0.717, 1.165) is 0 Å². The van der Waals surface area contributed by atoms with E-state index in [-0.39, 0.29) is 35.1 Å². The Morgan fingerprint density at radius 1 is 1.05 bits per heavy atom. The van der Waals surface area contributed by atoms with Gasteiger partial charge in [-0.05, 0) is 42.7 Å². The lowest BCUT2D eigenvalue weighted by Crippen LogP contribution is -2.43. The van der Waals surface area contributed by atoms with Gasteiger partial charge in [0.25, 0.3) is 5.91 Å². The number of hydrogen-bond acceptors (Lipinski definition) is 5. The van der Waals surface area contributed by atoms with Gasteiger partial charge in [-0.1, -0.05) is 0 Å². The first-order valence-electron chi connectivity index (χ1n) is 10.9. The van der Waals surface area contributed by atoms with Crippen molar-refractivity contribution in [3.8, 4) is 0 Å². The number of fused-ring (bicyclic) bond motifs is 1. The number of pyridine rings is 1. The van der Waals surface area contributed by atoms with Crippen LogP contribution in [-0.4, -0.2) is 40.0 Å². The minimum absolute atomic E-state index is 0.0415. The Balaban J connectivity index is 1.85. The average molecular weight is 584 g/mol. The lowest BCUT2D eigenvalue weighted by Gasteiger charge is -2.29. The molecule has 1 unspecified atom stereocenters. The number of carbonyl (C=O) groups excluding carboxylic acids is 1. The van der Waals surface area contributed by atoms with Crippen molar-refractivity contribution in [1.29, 1.82) is 0 Å². The summed E-state index contributed by atoms with van der Waals surface area (Å²) in [6.07, 6.45) is -11.5. The molecule has 1 atom stereocenters. The minimum Gasteiger partial charge on any atom is -0.351 e. The number of alkyl halides is 9. The highest BCUT2D eigenvalue weighted by Crippen LogP contribution is 2.49. The fourth-order valence-corrected chi connectivity index (χ4v) is 4.22. The van der Waals surface area contributed by atoms with E-state index in [9.17, 15) is 44.3 Å². The van der Waals surface area contributed by atoms with Crippen LogP contribution in [0.3, 0.4) is 0 Å². The molecule has 210 valence electrons. The molecule has 2 aromatic heterocycles. The Labute approximate surface area is 218 Å². The molecule has 0 radical (unpaired) electrons. The summed E-state index contributed by atoms with van der Waals surface area (Å²) in [7, 11) is 0. The van der Waals surface area contributed by atoms with Crippen LogP contribution in [0.2, 0.25) is 0 Å². The quantitative estimate of drug-likeness (QED) is 0.283. The molecule has 0 aliphatic carbocycles. The average Bonchev–Trinajstić information content (AvgIpc) is 3.50. The van der Waals surface area contributed by atoms with Crippen LogP contribution < -0.4 is 10.8 Å². The molecule has 2 N–H and O–H groups in total. The molecule has 1 aliphatic rings. The van der Waals surface area contributed by atoms with Crippen LogP contribution in [0.4, 0.5) is 39.5 Å². The van der Waals surface area contributed by atoms with E-state index < -0.39 is 52.4 Å². The Morgan fingerprint density at radius 3 is 2.26 bits per heavy atom. The topological polar surface area (TPSA) is 67.7 Å². The van der Waals surface area contributed by atoms with Crippen molar-refractivity contribution >= 4 is 29.0 Å². The van der Waals surface area contributed by atoms with Gasteiger partial charge in [-0.15, -0.1) is 0 Å². The Morgan fingerprint density at radius 2 is 1.69 bits per heavy atom. The maximum atomic E-state index is 14.4. The first-order valence-corrected chi connectivity index (χ1v) is 12.2. The SMILES string of the molecule is CSCCNC(=O)c1ccc(C2=CC(c3cc(C(F)(F)F)cc(C(F)(F)F)c3)(C(F)(F)F)ON2)n2ccnc12. The number of benzene rings is 1. The van der Waals surface area contributed by atoms with Crippen LogP contribution in [0.25, 0.3) is 11.3 Å². The third-order valence-electron chi connectivity index (χ3n) is 5.77. The summed E-state index contributed by atoms with van der Waals surface area (Å²) in [6, 6.07) is 2.14. The molecule has 0 saturated heterocycles. The lowest BCUT2D eigenvalue weighted by atomic mass is 9.89. The van der Waals surface area contributed by atoms with Crippen molar-refractivity contribution in [2.45, 2.75) is 24.1 Å². The van der Waals surface area contributed by atoms with Gasteiger partial charge in [-0.2, -0.15) is 51.3 Å². The van der Waals surface area contributed by atoms with Crippen molar-refractivity contribution in [2.75, 3.05) is 18.6 Å². The summed E-state index contributed by atoms with van der Waals surface area (Å²) in [5.41, 5.74) is -7.41. The van der Waals surface area contributed by atoms with Crippen LogP contribution in [-0.2, 0) is 22.8 Å². The van der Waals surface area contributed by atoms with E-state index in [0.29, 0.717) is 18.4 Å². The number of hydroxylamine groups is 1. The van der Waals surface area contributed by atoms with Gasteiger partial charge in [0.2, 0.25) is 5.60 Å². The predicted octanol–water partition coefficient (Wildman–Crippen LogP) is 5.80. The van der Waals surface area contributed by atoms with Gasteiger partial charge >= 0.3 is 18.5 Å². The van der Waals surface area contributed by atoms with Crippen LogP contribution in [0.1, 0.15) is 32.7 Å². The van der Waals surface area contributed by atoms with Crippen LogP contribution >= 0.6 is 11.8 Å². The molecule has 1 amide bonds. The van der Waals surface area contributed by atoms with Gasteiger partial charge < -0.3 is 5.32 Å². The zero-order valence-electron chi connectivity index (χ0n) is 19.6. The first kappa shape index (κ1) is 28.6. The smallest absolute Gasteiger partial charge is 0.351 e. The summed E-state index contributed by atoms with van der Waals surface area (Å²) in [4.78, 5) is 21.3. The van der Waals surface area contributed by atoms with Gasteiger partial charge in [0.1, 0.15) is 5.65 Å². The summed E-state index contributed by atoms with van der Waals surface area (Å²) in [6.45, 7) is 0.334. The largest absolute Gasteiger partial charge is 0.428 e. The number of imidazole rings is 1. The first-order chi connectivity index (χ1) is 18.1. The van der Waals surface area contributed by atoms with E-state index >= 15 is 0 Å². The highest BCUT2D eigenvalue weighted by molar-refractivity contribution is 7.98. The van der Waals surface area contributed by atoms with Crippen molar-refractivity contribution in [3.05, 3.63) is 76.7 Å². The Kier molecular flexibility index (Phi) is 7.31. The fraction of sp³-hybridized carbons (Fsp3) is 0.304. The monoisotopic (exact) mass is 584 g/mol. The molecule has 3 heterocycles. The molecule has 16 heteroatoms. The van der Waals surface area contributed by atoms with Crippen molar-refractivity contribution in [1.82, 2.24) is 20.2 Å². The third-order valence-corrected chi connectivity index (χ3v) is 6.38. The molecule has 39 heavy (non-hydrogen) atoms. The molecule has 6 nitrogen and oxygen atoms in total. The zero-order chi connectivity index (χ0) is 28.8. The number of amides is 1. The summed E-state index contributed by atoms with van der Waals surface area (Å²) >= 11 is 1.49. The number of halogens is 9. The van der Waals surface area contributed by atoms with Crippen LogP contribution in [0.15, 0.2) is 48.8 Å². The molecule has 0 fully saturated rings. The number of carbonyl (C=O) groups is 1.